The number of carbonyl (C=O) groups excluding carboxylic acids is 2. The van der Waals surface area contributed by atoms with Gasteiger partial charge in [-0.05, 0) is 72.0 Å². The third kappa shape index (κ3) is 6.46. The lowest BCUT2D eigenvalue weighted by Gasteiger charge is -2.15. The van der Waals surface area contributed by atoms with Crippen LogP contribution in [0.4, 0.5) is 23.7 Å². The minimum atomic E-state index is -2.90. The molecule has 2 aromatic rings. The van der Waals surface area contributed by atoms with E-state index in [1.165, 1.54) is 54.6 Å². The number of amides is 2. The molecule has 0 saturated carbocycles. The zero-order chi connectivity index (χ0) is 22.4. The Morgan fingerprint density at radius 2 is 1.81 bits per heavy atom. The molecule has 11 heteroatoms. The first kappa shape index (κ1) is 22.6. The van der Waals surface area contributed by atoms with Gasteiger partial charge in [0.05, 0.1) is 4.91 Å². The van der Waals surface area contributed by atoms with Crippen molar-refractivity contribution in [1.82, 2.24) is 10.2 Å². The highest BCUT2D eigenvalue weighted by Gasteiger charge is 2.34. The van der Waals surface area contributed by atoms with Crippen LogP contribution in [-0.2, 0) is 4.79 Å². The van der Waals surface area contributed by atoms with Gasteiger partial charge in [-0.25, -0.2) is 4.39 Å². The molecule has 0 spiro atoms. The fourth-order valence-corrected chi connectivity index (χ4v) is 3.66. The number of hydrogen-bond acceptors (Lipinski definition) is 5. The van der Waals surface area contributed by atoms with Gasteiger partial charge in [0.1, 0.15) is 11.6 Å². The van der Waals surface area contributed by atoms with E-state index >= 15 is 0 Å². The van der Waals surface area contributed by atoms with Crippen LogP contribution in [-0.4, -0.2) is 40.9 Å². The third-order valence-corrected chi connectivity index (χ3v) is 5.15. The highest BCUT2D eigenvalue weighted by atomic mass is 32.2. The number of halogens is 3. The summed E-state index contributed by atoms with van der Waals surface area (Å²) < 4.78 is 41.6. The zero-order valence-corrected chi connectivity index (χ0v) is 17.4. The van der Waals surface area contributed by atoms with E-state index in [9.17, 15) is 22.8 Å². The summed E-state index contributed by atoms with van der Waals surface area (Å²) in [5.41, 5.74) is 1.16. The molecule has 1 fully saturated rings. The Kier molecular flexibility index (Phi) is 7.53. The number of thioether (sulfide) groups is 1. The molecule has 6 nitrogen and oxygen atoms in total. The Labute approximate surface area is 185 Å². The van der Waals surface area contributed by atoms with Crippen LogP contribution < -0.4 is 15.4 Å². The number of ether oxygens (including phenoxy) is 1. The summed E-state index contributed by atoms with van der Waals surface area (Å²) in [5, 5.41) is 5.55. The lowest BCUT2D eigenvalue weighted by atomic mass is 10.2. The molecule has 0 aromatic heterocycles. The third-order valence-electron chi connectivity index (χ3n) is 4.00. The molecule has 0 aliphatic carbocycles. The Balaban J connectivity index is 1.48. The van der Waals surface area contributed by atoms with Crippen LogP contribution in [0, 0.1) is 5.82 Å². The molecule has 2 aromatic carbocycles. The summed E-state index contributed by atoms with van der Waals surface area (Å²) in [6.45, 7) is -2.60. The first-order valence-corrected chi connectivity index (χ1v) is 10.1. The van der Waals surface area contributed by atoms with Crippen LogP contribution >= 0.6 is 24.0 Å². The smallest absolute Gasteiger partial charge is 0.387 e. The standard InChI is InChI=1S/C20H16F3N3O3S2/c21-13-3-1-12(2-4-13)11-16-17(27)26(20(28)31-16)10-9-24-19(30)25-14-5-7-15(8-6-14)29-18(22)23/h1-8,11,18H,9-10H2,(H2,24,25,30)/b16-11-. The topological polar surface area (TPSA) is 70.7 Å². The molecular weight excluding hydrogens is 451 g/mol. The largest absolute Gasteiger partial charge is 0.435 e. The lowest BCUT2D eigenvalue weighted by Crippen LogP contribution is -2.38. The van der Waals surface area contributed by atoms with Crippen molar-refractivity contribution in [3.05, 3.63) is 64.8 Å². The second-order valence-electron chi connectivity index (χ2n) is 6.17. The lowest BCUT2D eigenvalue weighted by molar-refractivity contribution is -0.122. The maximum absolute atomic E-state index is 13.0. The van der Waals surface area contributed by atoms with Gasteiger partial charge in [-0.2, -0.15) is 8.78 Å². The van der Waals surface area contributed by atoms with E-state index in [-0.39, 0.29) is 28.9 Å². The van der Waals surface area contributed by atoms with E-state index in [2.05, 4.69) is 15.4 Å². The van der Waals surface area contributed by atoms with E-state index in [4.69, 9.17) is 12.2 Å². The Bertz CT molecular complexity index is 999. The molecule has 1 aliphatic rings. The van der Waals surface area contributed by atoms with E-state index in [0.29, 0.717) is 11.3 Å². The molecule has 1 saturated heterocycles. The number of hydrogen-bond donors (Lipinski definition) is 2. The molecule has 0 radical (unpaired) electrons. The summed E-state index contributed by atoms with van der Waals surface area (Å²) in [6, 6.07) is 11.3. The number of thiocarbonyl (C=S) groups is 1. The number of carbonyl (C=O) groups is 2. The second-order valence-corrected chi connectivity index (χ2v) is 7.57. The first-order valence-electron chi connectivity index (χ1n) is 8.92. The van der Waals surface area contributed by atoms with E-state index in [1.807, 2.05) is 0 Å². The monoisotopic (exact) mass is 467 g/mol. The van der Waals surface area contributed by atoms with Crippen LogP contribution in [0.1, 0.15) is 5.56 Å². The van der Waals surface area contributed by atoms with Crippen molar-refractivity contribution in [2.75, 3.05) is 18.4 Å². The van der Waals surface area contributed by atoms with E-state index in [1.54, 1.807) is 0 Å². The number of nitrogens with zero attached hydrogens (tertiary/aromatic N) is 1. The maximum atomic E-state index is 13.0. The van der Waals surface area contributed by atoms with Crippen LogP contribution in [0.5, 0.6) is 5.75 Å². The van der Waals surface area contributed by atoms with E-state index < -0.39 is 23.6 Å². The molecule has 0 bridgehead atoms. The molecule has 162 valence electrons. The average Bonchev–Trinajstić information content (AvgIpc) is 2.98. The van der Waals surface area contributed by atoms with Crippen molar-refractivity contribution in [2.45, 2.75) is 6.61 Å². The van der Waals surface area contributed by atoms with Gasteiger partial charge in [0.25, 0.3) is 11.1 Å². The highest BCUT2D eigenvalue weighted by molar-refractivity contribution is 8.18. The molecule has 0 unspecified atom stereocenters. The minimum absolute atomic E-state index is 0.0208. The Morgan fingerprint density at radius 3 is 2.45 bits per heavy atom. The van der Waals surface area contributed by atoms with Crippen molar-refractivity contribution < 1.29 is 27.5 Å². The summed E-state index contributed by atoms with van der Waals surface area (Å²) in [5.74, 6) is -0.805. The fraction of sp³-hybridized carbons (Fsp3) is 0.150. The summed E-state index contributed by atoms with van der Waals surface area (Å²) >= 11 is 5.96. The molecular formula is C20H16F3N3O3S2. The van der Waals surface area contributed by atoms with Gasteiger partial charge < -0.3 is 15.4 Å². The number of alkyl halides is 2. The summed E-state index contributed by atoms with van der Waals surface area (Å²) in [7, 11) is 0. The molecule has 1 heterocycles. The maximum Gasteiger partial charge on any atom is 0.387 e. The SMILES string of the molecule is O=C1S/C(=C\c2ccc(F)cc2)C(=O)N1CCNC(=S)Nc1ccc(OC(F)F)cc1. The van der Waals surface area contributed by atoms with Gasteiger partial charge in [-0.15, -0.1) is 0 Å². The Hall–Kier alpha value is -3.05. The van der Waals surface area contributed by atoms with Crippen molar-refractivity contribution in [2.24, 2.45) is 0 Å². The zero-order valence-electron chi connectivity index (χ0n) is 15.8. The van der Waals surface area contributed by atoms with Crippen molar-refractivity contribution in [3.63, 3.8) is 0 Å². The fourth-order valence-electron chi connectivity index (χ4n) is 2.58. The molecule has 1 aliphatic heterocycles. The minimum Gasteiger partial charge on any atom is -0.435 e. The van der Waals surface area contributed by atoms with Crippen LogP contribution in [0.15, 0.2) is 53.4 Å². The number of imide groups is 1. The summed E-state index contributed by atoms with van der Waals surface area (Å²) in [6.07, 6.45) is 1.53. The predicted octanol–water partition coefficient (Wildman–Crippen LogP) is 4.45. The highest BCUT2D eigenvalue weighted by Crippen LogP contribution is 2.31. The van der Waals surface area contributed by atoms with Crippen LogP contribution in [0.2, 0.25) is 0 Å². The molecule has 2 amide bonds. The number of anilines is 1. The van der Waals surface area contributed by atoms with Crippen LogP contribution in [0.25, 0.3) is 6.08 Å². The van der Waals surface area contributed by atoms with Gasteiger partial charge in [0, 0.05) is 18.8 Å². The van der Waals surface area contributed by atoms with Crippen LogP contribution in [0.3, 0.4) is 0 Å². The average molecular weight is 467 g/mol. The van der Waals surface area contributed by atoms with Crippen molar-refractivity contribution in [1.29, 1.82) is 0 Å². The van der Waals surface area contributed by atoms with Crippen molar-refractivity contribution >= 4 is 52.0 Å². The van der Waals surface area contributed by atoms with E-state index in [0.717, 1.165) is 16.7 Å². The molecule has 0 atom stereocenters. The first-order chi connectivity index (χ1) is 14.8. The molecule has 2 N–H and O–H groups in total. The van der Waals surface area contributed by atoms with Gasteiger partial charge in [0.15, 0.2) is 5.11 Å². The molecule has 3 rings (SSSR count). The van der Waals surface area contributed by atoms with Gasteiger partial charge in [-0.3, -0.25) is 14.5 Å². The number of nitrogens with one attached hydrogen (secondary N) is 2. The quantitative estimate of drug-likeness (QED) is 0.461. The normalized spacial score (nSPS) is 15.0. The molecule has 31 heavy (non-hydrogen) atoms. The van der Waals surface area contributed by atoms with Gasteiger partial charge >= 0.3 is 6.61 Å². The second kappa shape index (κ2) is 10.3. The van der Waals surface area contributed by atoms with Gasteiger partial charge in [0.2, 0.25) is 0 Å². The Morgan fingerprint density at radius 1 is 1.13 bits per heavy atom. The number of benzene rings is 2. The van der Waals surface area contributed by atoms with Crippen molar-refractivity contribution in [3.8, 4) is 5.75 Å². The van der Waals surface area contributed by atoms with Gasteiger partial charge in [-0.1, -0.05) is 12.1 Å². The number of rotatable bonds is 7. The predicted molar refractivity (Wildman–Crippen MR) is 116 cm³/mol. The summed E-state index contributed by atoms with van der Waals surface area (Å²) in [4.78, 5) is 25.9.